The van der Waals surface area contributed by atoms with E-state index in [0.29, 0.717) is 5.56 Å². The van der Waals surface area contributed by atoms with Crippen LogP contribution in [0.25, 0.3) is 0 Å². The molecule has 1 aliphatic rings. The zero-order valence-corrected chi connectivity index (χ0v) is 9.25. The van der Waals surface area contributed by atoms with Crippen molar-refractivity contribution in [1.29, 1.82) is 5.26 Å². The van der Waals surface area contributed by atoms with Crippen molar-refractivity contribution in [2.24, 2.45) is 5.73 Å². The Morgan fingerprint density at radius 2 is 1.80 bits per heavy atom. The largest absolute Gasteiger partial charge is 0.325 e. The number of nitrogens with two attached hydrogens (primary N) is 1. The van der Waals surface area contributed by atoms with Gasteiger partial charge in [-0.05, 0) is 44.4 Å². The number of benzene rings is 1. The minimum atomic E-state index is -0.179. The van der Waals surface area contributed by atoms with E-state index in [9.17, 15) is 0 Å². The molecule has 1 aliphatic carbocycles. The fraction of sp³-hybridized carbons (Fsp3) is 0.462. The minimum absolute atomic E-state index is 0.140. The first-order valence-corrected chi connectivity index (χ1v) is 5.29. The summed E-state index contributed by atoms with van der Waals surface area (Å²) in [6.45, 7) is 4.16. The Balaban J connectivity index is 2.36. The van der Waals surface area contributed by atoms with E-state index in [1.54, 1.807) is 0 Å². The standard InChI is InChI=1S/C13H16N2/c1-12(2,15)13(7-8-13)11-5-3-10(9-14)4-6-11/h3-6H,7-8,15H2,1-2H3. The third kappa shape index (κ3) is 1.53. The van der Waals surface area contributed by atoms with E-state index in [1.165, 1.54) is 5.56 Å². The maximum atomic E-state index is 8.73. The second-order valence-electron chi connectivity index (χ2n) is 4.99. The molecular weight excluding hydrogens is 184 g/mol. The van der Waals surface area contributed by atoms with Crippen LogP contribution in [-0.2, 0) is 5.41 Å². The molecular formula is C13H16N2. The van der Waals surface area contributed by atoms with E-state index in [2.05, 4.69) is 19.9 Å². The van der Waals surface area contributed by atoms with Crippen LogP contribution in [0.3, 0.4) is 0 Å². The zero-order valence-electron chi connectivity index (χ0n) is 9.25. The summed E-state index contributed by atoms with van der Waals surface area (Å²) in [6, 6.07) is 9.97. The molecule has 0 radical (unpaired) electrons. The summed E-state index contributed by atoms with van der Waals surface area (Å²) in [5.41, 5.74) is 8.16. The topological polar surface area (TPSA) is 49.8 Å². The molecule has 1 fully saturated rings. The van der Waals surface area contributed by atoms with Gasteiger partial charge in [0, 0.05) is 11.0 Å². The Labute approximate surface area is 90.7 Å². The van der Waals surface area contributed by atoms with Crippen molar-refractivity contribution < 1.29 is 0 Å². The molecule has 1 saturated carbocycles. The lowest BCUT2D eigenvalue weighted by atomic mass is 9.79. The Kier molecular flexibility index (Phi) is 2.09. The van der Waals surface area contributed by atoms with Gasteiger partial charge in [-0.1, -0.05) is 12.1 Å². The van der Waals surface area contributed by atoms with Crippen molar-refractivity contribution in [1.82, 2.24) is 0 Å². The average Bonchev–Trinajstić information content (AvgIpc) is 2.98. The van der Waals surface area contributed by atoms with Crippen LogP contribution in [0.2, 0.25) is 0 Å². The minimum Gasteiger partial charge on any atom is -0.325 e. The lowest BCUT2D eigenvalue weighted by Gasteiger charge is -2.31. The molecule has 0 unspecified atom stereocenters. The highest BCUT2D eigenvalue weighted by atomic mass is 14.8. The number of hydrogen-bond acceptors (Lipinski definition) is 2. The maximum absolute atomic E-state index is 8.73. The van der Waals surface area contributed by atoms with Gasteiger partial charge in [-0.2, -0.15) is 5.26 Å². The van der Waals surface area contributed by atoms with Crippen LogP contribution in [0.5, 0.6) is 0 Å². The van der Waals surface area contributed by atoms with Crippen LogP contribution in [0, 0.1) is 11.3 Å². The summed E-state index contributed by atoms with van der Waals surface area (Å²) in [6.07, 6.45) is 2.31. The van der Waals surface area contributed by atoms with E-state index >= 15 is 0 Å². The summed E-state index contributed by atoms with van der Waals surface area (Å²) >= 11 is 0. The zero-order chi connectivity index (χ0) is 11.1. The van der Waals surface area contributed by atoms with Crippen LogP contribution in [-0.4, -0.2) is 5.54 Å². The predicted octanol–water partition coefficient (Wildman–Crippen LogP) is 2.33. The van der Waals surface area contributed by atoms with E-state index in [1.807, 2.05) is 24.3 Å². The molecule has 0 amide bonds. The third-order valence-electron chi connectivity index (χ3n) is 3.55. The van der Waals surface area contributed by atoms with Crippen molar-refractivity contribution in [3.05, 3.63) is 35.4 Å². The van der Waals surface area contributed by atoms with Gasteiger partial charge in [0.15, 0.2) is 0 Å². The molecule has 0 aromatic heterocycles. The van der Waals surface area contributed by atoms with Gasteiger partial charge < -0.3 is 5.73 Å². The summed E-state index contributed by atoms with van der Waals surface area (Å²) in [5.74, 6) is 0. The van der Waals surface area contributed by atoms with E-state index in [0.717, 1.165) is 12.8 Å². The summed E-state index contributed by atoms with van der Waals surface area (Å²) in [5, 5.41) is 8.73. The van der Waals surface area contributed by atoms with Crippen LogP contribution in [0.4, 0.5) is 0 Å². The van der Waals surface area contributed by atoms with Gasteiger partial charge in [-0.25, -0.2) is 0 Å². The Hall–Kier alpha value is -1.33. The molecule has 0 heterocycles. The first-order chi connectivity index (χ1) is 6.99. The summed E-state index contributed by atoms with van der Waals surface area (Å²) in [4.78, 5) is 0. The van der Waals surface area contributed by atoms with Gasteiger partial charge in [0.1, 0.15) is 0 Å². The van der Waals surface area contributed by atoms with Gasteiger partial charge in [0.05, 0.1) is 11.6 Å². The summed E-state index contributed by atoms with van der Waals surface area (Å²) < 4.78 is 0. The van der Waals surface area contributed by atoms with E-state index in [-0.39, 0.29) is 11.0 Å². The first-order valence-electron chi connectivity index (χ1n) is 5.29. The fourth-order valence-corrected chi connectivity index (χ4v) is 2.29. The van der Waals surface area contributed by atoms with Crippen molar-refractivity contribution in [2.75, 3.05) is 0 Å². The van der Waals surface area contributed by atoms with Crippen molar-refractivity contribution in [3.63, 3.8) is 0 Å². The Morgan fingerprint density at radius 1 is 1.27 bits per heavy atom. The molecule has 15 heavy (non-hydrogen) atoms. The highest BCUT2D eigenvalue weighted by Crippen LogP contribution is 2.54. The monoisotopic (exact) mass is 200 g/mol. The normalized spacial score (nSPS) is 18.3. The van der Waals surface area contributed by atoms with Gasteiger partial charge in [-0.15, -0.1) is 0 Å². The highest BCUT2D eigenvalue weighted by Gasteiger charge is 2.53. The number of nitriles is 1. The lowest BCUT2D eigenvalue weighted by Crippen LogP contribution is -2.45. The fourth-order valence-electron chi connectivity index (χ4n) is 2.29. The number of nitrogens with zero attached hydrogens (tertiary/aromatic N) is 1. The van der Waals surface area contributed by atoms with Gasteiger partial charge in [-0.3, -0.25) is 0 Å². The van der Waals surface area contributed by atoms with Crippen molar-refractivity contribution in [2.45, 2.75) is 37.6 Å². The van der Waals surface area contributed by atoms with Crippen molar-refractivity contribution in [3.8, 4) is 6.07 Å². The van der Waals surface area contributed by atoms with Crippen LogP contribution in [0.15, 0.2) is 24.3 Å². The smallest absolute Gasteiger partial charge is 0.0991 e. The molecule has 1 aromatic carbocycles. The van der Waals surface area contributed by atoms with E-state index in [4.69, 9.17) is 11.0 Å². The van der Waals surface area contributed by atoms with Gasteiger partial charge in [0.2, 0.25) is 0 Å². The lowest BCUT2D eigenvalue weighted by molar-refractivity contribution is 0.391. The second kappa shape index (κ2) is 3.08. The summed E-state index contributed by atoms with van der Waals surface area (Å²) in [7, 11) is 0. The van der Waals surface area contributed by atoms with Gasteiger partial charge >= 0.3 is 0 Å². The molecule has 2 N–H and O–H groups in total. The first kappa shape index (κ1) is 10.2. The predicted molar refractivity (Wildman–Crippen MR) is 60.3 cm³/mol. The van der Waals surface area contributed by atoms with Crippen LogP contribution >= 0.6 is 0 Å². The Morgan fingerprint density at radius 3 is 2.13 bits per heavy atom. The molecule has 2 nitrogen and oxygen atoms in total. The molecule has 0 aliphatic heterocycles. The van der Waals surface area contributed by atoms with Crippen molar-refractivity contribution >= 4 is 0 Å². The van der Waals surface area contributed by atoms with E-state index < -0.39 is 0 Å². The average molecular weight is 200 g/mol. The molecule has 0 atom stereocenters. The SMILES string of the molecule is CC(C)(N)C1(c2ccc(C#N)cc2)CC1. The highest BCUT2D eigenvalue weighted by molar-refractivity contribution is 5.40. The second-order valence-corrected chi connectivity index (χ2v) is 4.99. The molecule has 2 heteroatoms. The molecule has 0 saturated heterocycles. The molecule has 2 rings (SSSR count). The van der Waals surface area contributed by atoms with Crippen LogP contribution < -0.4 is 5.73 Å². The Bertz CT molecular complexity index is 400. The van der Waals surface area contributed by atoms with Crippen LogP contribution in [0.1, 0.15) is 37.8 Å². The molecule has 78 valence electrons. The molecule has 0 spiro atoms. The molecule has 1 aromatic rings. The maximum Gasteiger partial charge on any atom is 0.0991 e. The number of hydrogen-bond donors (Lipinski definition) is 1. The van der Waals surface area contributed by atoms with Gasteiger partial charge in [0.25, 0.3) is 0 Å². The molecule has 0 bridgehead atoms. The number of rotatable bonds is 2. The quantitative estimate of drug-likeness (QED) is 0.796. The third-order valence-corrected chi connectivity index (χ3v) is 3.55.